The topological polar surface area (TPSA) is 55.4 Å². The molecule has 7 heteroatoms. The summed E-state index contributed by atoms with van der Waals surface area (Å²) in [6, 6.07) is 10.4. The van der Waals surface area contributed by atoms with Crippen molar-refractivity contribution in [3.63, 3.8) is 0 Å². The van der Waals surface area contributed by atoms with Crippen LogP contribution in [0.2, 0.25) is 0 Å². The predicted octanol–water partition coefficient (Wildman–Crippen LogP) is 4.35. The zero-order valence-electron chi connectivity index (χ0n) is 14.7. The molecule has 0 saturated carbocycles. The Kier molecular flexibility index (Phi) is 5.51. The van der Waals surface area contributed by atoms with Crippen LogP contribution < -0.4 is 5.32 Å². The van der Waals surface area contributed by atoms with E-state index in [1.807, 2.05) is 0 Å². The summed E-state index contributed by atoms with van der Waals surface area (Å²) in [6.45, 7) is 3.30. The van der Waals surface area contributed by atoms with Crippen molar-refractivity contribution in [1.82, 2.24) is 5.32 Å². The van der Waals surface area contributed by atoms with E-state index in [2.05, 4.69) is 5.32 Å². The van der Waals surface area contributed by atoms with Crippen molar-refractivity contribution >= 4 is 33.3 Å². The minimum atomic E-state index is -1.02. The third-order valence-electron chi connectivity index (χ3n) is 4.12. The molecule has 2 aromatic carbocycles. The van der Waals surface area contributed by atoms with Crippen molar-refractivity contribution in [3.8, 4) is 0 Å². The van der Waals surface area contributed by atoms with Crippen LogP contribution in [0.3, 0.4) is 0 Å². The number of aryl methyl sites for hydroxylation is 1. The largest absolute Gasteiger partial charge is 0.448 e. The van der Waals surface area contributed by atoms with Gasteiger partial charge in [0.25, 0.3) is 5.91 Å². The molecule has 0 aliphatic heterocycles. The molecule has 0 aliphatic rings. The minimum absolute atomic E-state index is 0.189. The maximum Gasteiger partial charge on any atom is 0.349 e. The Bertz CT molecular complexity index is 998. The highest BCUT2D eigenvalue weighted by Gasteiger charge is 2.23. The van der Waals surface area contributed by atoms with Gasteiger partial charge in [0.05, 0.1) is 0 Å². The van der Waals surface area contributed by atoms with Crippen molar-refractivity contribution in [2.24, 2.45) is 0 Å². The molecule has 1 N–H and O–H groups in total. The number of amides is 1. The van der Waals surface area contributed by atoms with Crippen molar-refractivity contribution < 1.29 is 23.1 Å². The lowest BCUT2D eigenvalue weighted by molar-refractivity contribution is -0.129. The van der Waals surface area contributed by atoms with Gasteiger partial charge in [-0.3, -0.25) is 4.79 Å². The standard InChI is InChI=1S/C20H17F2NO3S/c1-11-17-15(22)4-3-5-16(17)27-18(11)20(25)26-12(2)19(24)23-10-13-6-8-14(21)9-7-13/h3-9,12H,10H2,1-2H3,(H,23,24)/t12-/m1/s1. The van der Waals surface area contributed by atoms with Gasteiger partial charge in [-0.2, -0.15) is 0 Å². The molecule has 0 bridgehead atoms. The lowest BCUT2D eigenvalue weighted by atomic mass is 10.1. The molecule has 1 atom stereocenters. The van der Waals surface area contributed by atoms with E-state index in [1.54, 1.807) is 31.2 Å². The highest BCUT2D eigenvalue weighted by atomic mass is 32.1. The molecule has 3 aromatic rings. The van der Waals surface area contributed by atoms with E-state index in [0.717, 1.165) is 16.9 Å². The number of fused-ring (bicyclic) bond motifs is 1. The van der Waals surface area contributed by atoms with Crippen LogP contribution in [0.15, 0.2) is 42.5 Å². The third-order valence-corrected chi connectivity index (χ3v) is 5.36. The van der Waals surface area contributed by atoms with Gasteiger partial charge in [0.1, 0.15) is 16.5 Å². The molecular formula is C20H17F2NO3S. The Labute approximate surface area is 158 Å². The Morgan fingerprint density at radius 2 is 1.85 bits per heavy atom. The first-order valence-corrected chi connectivity index (χ1v) is 9.09. The smallest absolute Gasteiger partial charge is 0.349 e. The fourth-order valence-electron chi connectivity index (χ4n) is 2.65. The van der Waals surface area contributed by atoms with Gasteiger partial charge in [0.2, 0.25) is 0 Å². The zero-order chi connectivity index (χ0) is 19.6. The molecule has 4 nitrogen and oxygen atoms in total. The molecule has 0 aliphatic carbocycles. The first-order valence-electron chi connectivity index (χ1n) is 8.27. The Hall–Kier alpha value is -2.80. The average molecular weight is 389 g/mol. The molecule has 0 spiro atoms. The number of nitrogens with one attached hydrogen (secondary N) is 1. The van der Waals surface area contributed by atoms with Gasteiger partial charge in [-0.15, -0.1) is 11.3 Å². The van der Waals surface area contributed by atoms with E-state index in [-0.39, 0.29) is 17.2 Å². The van der Waals surface area contributed by atoms with Gasteiger partial charge >= 0.3 is 5.97 Å². The molecule has 140 valence electrons. The molecule has 3 rings (SSSR count). The number of ether oxygens (including phenoxy) is 1. The highest BCUT2D eigenvalue weighted by Crippen LogP contribution is 2.33. The van der Waals surface area contributed by atoms with Gasteiger partial charge < -0.3 is 10.1 Å². The molecular weight excluding hydrogens is 372 g/mol. The van der Waals surface area contributed by atoms with Gasteiger partial charge in [-0.1, -0.05) is 18.2 Å². The van der Waals surface area contributed by atoms with Crippen LogP contribution >= 0.6 is 11.3 Å². The van der Waals surface area contributed by atoms with E-state index < -0.39 is 23.8 Å². The summed E-state index contributed by atoms with van der Waals surface area (Å²) in [4.78, 5) is 24.8. The molecule has 1 amide bonds. The first kappa shape index (κ1) is 19.0. The van der Waals surface area contributed by atoms with Crippen LogP contribution in [0.4, 0.5) is 8.78 Å². The van der Waals surface area contributed by atoms with Crippen molar-refractivity contribution in [2.75, 3.05) is 0 Å². The lowest BCUT2D eigenvalue weighted by Gasteiger charge is -2.13. The van der Waals surface area contributed by atoms with Gasteiger partial charge in [0.15, 0.2) is 6.10 Å². The predicted molar refractivity (Wildman–Crippen MR) is 99.6 cm³/mol. The summed E-state index contributed by atoms with van der Waals surface area (Å²) in [5.41, 5.74) is 1.22. The quantitative estimate of drug-likeness (QED) is 0.660. The summed E-state index contributed by atoms with van der Waals surface area (Å²) in [7, 11) is 0. The number of hydrogen-bond donors (Lipinski definition) is 1. The minimum Gasteiger partial charge on any atom is -0.448 e. The third kappa shape index (κ3) is 4.14. The second kappa shape index (κ2) is 7.84. The Morgan fingerprint density at radius 1 is 1.15 bits per heavy atom. The first-order chi connectivity index (χ1) is 12.9. The number of benzene rings is 2. The fraction of sp³-hybridized carbons (Fsp3) is 0.200. The maximum absolute atomic E-state index is 14.0. The van der Waals surface area contributed by atoms with Crippen LogP contribution in [0.1, 0.15) is 27.7 Å². The summed E-state index contributed by atoms with van der Waals surface area (Å²) >= 11 is 1.13. The second-order valence-corrected chi connectivity index (χ2v) is 7.11. The number of thiophene rings is 1. The maximum atomic E-state index is 14.0. The van der Waals surface area contributed by atoms with Crippen molar-refractivity contribution in [1.29, 1.82) is 0 Å². The number of hydrogen-bond acceptors (Lipinski definition) is 4. The molecule has 0 radical (unpaired) electrons. The Morgan fingerprint density at radius 3 is 2.52 bits per heavy atom. The SMILES string of the molecule is Cc1c(C(=O)O[C@H](C)C(=O)NCc2ccc(F)cc2)sc2cccc(F)c12. The number of carbonyl (C=O) groups is 2. The van der Waals surface area contributed by atoms with Gasteiger partial charge in [-0.25, -0.2) is 13.6 Å². The summed E-state index contributed by atoms with van der Waals surface area (Å²) < 4.78 is 32.7. The monoisotopic (exact) mass is 389 g/mol. The summed E-state index contributed by atoms with van der Waals surface area (Å²) in [6.07, 6.45) is -1.02. The van der Waals surface area contributed by atoms with Crippen molar-refractivity contribution in [2.45, 2.75) is 26.5 Å². The Balaban J connectivity index is 1.65. The fourth-order valence-corrected chi connectivity index (χ4v) is 3.76. The van der Waals surface area contributed by atoms with E-state index in [9.17, 15) is 18.4 Å². The van der Waals surface area contributed by atoms with Crippen LogP contribution in [0.5, 0.6) is 0 Å². The average Bonchev–Trinajstić information content (AvgIpc) is 2.99. The molecule has 0 unspecified atom stereocenters. The number of esters is 1. The van der Waals surface area contributed by atoms with Gasteiger partial charge in [-0.05, 0) is 49.2 Å². The summed E-state index contributed by atoms with van der Waals surface area (Å²) in [5.74, 6) is -1.90. The molecule has 1 aromatic heterocycles. The van der Waals surface area contributed by atoms with E-state index in [0.29, 0.717) is 15.6 Å². The molecule has 27 heavy (non-hydrogen) atoms. The highest BCUT2D eigenvalue weighted by molar-refractivity contribution is 7.21. The van der Waals surface area contributed by atoms with E-state index >= 15 is 0 Å². The zero-order valence-corrected chi connectivity index (χ0v) is 15.5. The molecule has 1 heterocycles. The van der Waals surface area contributed by atoms with Gasteiger partial charge in [0, 0.05) is 16.6 Å². The normalized spacial score (nSPS) is 12.0. The summed E-state index contributed by atoms with van der Waals surface area (Å²) in [5, 5.41) is 3.02. The molecule has 0 saturated heterocycles. The van der Waals surface area contributed by atoms with E-state index in [4.69, 9.17) is 4.74 Å². The van der Waals surface area contributed by atoms with Crippen molar-refractivity contribution in [3.05, 3.63) is 70.1 Å². The van der Waals surface area contributed by atoms with Crippen LogP contribution in [0, 0.1) is 18.6 Å². The van der Waals surface area contributed by atoms with Crippen LogP contribution in [0.25, 0.3) is 10.1 Å². The number of carbonyl (C=O) groups excluding carboxylic acids is 2. The lowest BCUT2D eigenvalue weighted by Crippen LogP contribution is -2.35. The second-order valence-electron chi connectivity index (χ2n) is 6.06. The molecule has 0 fully saturated rings. The van der Waals surface area contributed by atoms with E-state index in [1.165, 1.54) is 25.1 Å². The number of halogens is 2. The number of rotatable bonds is 5. The van der Waals surface area contributed by atoms with Crippen LogP contribution in [-0.4, -0.2) is 18.0 Å². The van der Waals surface area contributed by atoms with Crippen LogP contribution in [-0.2, 0) is 16.1 Å².